The van der Waals surface area contributed by atoms with Crippen LogP contribution < -0.4 is 0 Å². The number of ether oxygens (including phenoxy) is 1. The minimum Gasteiger partial charge on any atom is -0.507 e. The monoisotopic (exact) mass is 278 g/mol. The summed E-state index contributed by atoms with van der Waals surface area (Å²) in [6.07, 6.45) is 0.0315. The molecule has 1 rings (SSSR count). The van der Waals surface area contributed by atoms with Crippen molar-refractivity contribution in [2.45, 2.75) is 13.0 Å². The molecule has 12 heavy (non-hydrogen) atoms. The number of methoxy groups -OCH3 is 1. The van der Waals surface area contributed by atoms with E-state index >= 15 is 0 Å². The van der Waals surface area contributed by atoms with Gasteiger partial charge in [-0.2, -0.15) is 0 Å². The van der Waals surface area contributed by atoms with Crippen LogP contribution in [-0.4, -0.2) is 12.2 Å². The summed E-state index contributed by atoms with van der Waals surface area (Å²) >= 11 is 2.11. The molecule has 1 atom stereocenters. The van der Waals surface area contributed by atoms with Crippen molar-refractivity contribution in [3.63, 3.8) is 0 Å². The molecule has 0 spiro atoms. The number of hydrogen-bond acceptors (Lipinski definition) is 2. The fraction of sp³-hybridized carbons (Fsp3) is 0.333. The molecule has 0 fully saturated rings. The molecule has 0 saturated carbocycles. The van der Waals surface area contributed by atoms with Gasteiger partial charge in [-0.25, -0.2) is 0 Å². The van der Waals surface area contributed by atoms with Crippen molar-refractivity contribution in [3.8, 4) is 5.75 Å². The quantitative estimate of drug-likeness (QED) is 0.843. The second kappa shape index (κ2) is 4.09. The molecular formula is C9H11IO2. The molecule has 1 aromatic rings. The third kappa shape index (κ3) is 1.90. The van der Waals surface area contributed by atoms with Gasteiger partial charge in [-0.15, -0.1) is 0 Å². The summed E-state index contributed by atoms with van der Waals surface area (Å²) in [6.45, 7) is 1.96. The molecule has 0 aromatic heterocycles. The zero-order valence-electron chi connectivity index (χ0n) is 7.04. The van der Waals surface area contributed by atoms with Crippen LogP contribution in [0.3, 0.4) is 0 Å². The number of halogens is 1. The Kier molecular flexibility index (Phi) is 3.34. The largest absolute Gasteiger partial charge is 0.507 e. The predicted molar refractivity (Wildman–Crippen MR) is 56.2 cm³/mol. The zero-order valence-corrected chi connectivity index (χ0v) is 9.20. The lowest BCUT2D eigenvalue weighted by Gasteiger charge is -2.12. The number of aromatic hydroxyl groups is 1. The maximum atomic E-state index is 9.38. The third-order valence-electron chi connectivity index (χ3n) is 1.80. The van der Waals surface area contributed by atoms with Crippen LogP contribution in [0.1, 0.15) is 18.6 Å². The molecule has 66 valence electrons. The average molecular weight is 278 g/mol. The first-order chi connectivity index (χ1) is 5.66. The van der Waals surface area contributed by atoms with Crippen LogP contribution in [0.5, 0.6) is 5.75 Å². The average Bonchev–Trinajstić information content (AvgIpc) is 2.08. The molecule has 1 aromatic carbocycles. The number of benzene rings is 1. The van der Waals surface area contributed by atoms with Gasteiger partial charge in [0.1, 0.15) is 5.75 Å². The lowest BCUT2D eigenvalue weighted by atomic mass is 10.1. The van der Waals surface area contributed by atoms with Gasteiger partial charge in [-0.1, -0.05) is 12.1 Å². The van der Waals surface area contributed by atoms with E-state index in [-0.39, 0.29) is 6.10 Å². The Bertz CT molecular complexity index is 273. The summed E-state index contributed by atoms with van der Waals surface area (Å²) in [6, 6.07) is 5.45. The van der Waals surface area contributed by atoms with Gasteiger partial charge in [0.25, 0.3) is 0 Å². The van der Waals surface area contributed by atoms with E-state index in [4.69, 9.17) is 4.74 Å². The van der Waals surface area contributed by atoms with Gasteiger partial charge >= 0.3 is 0 Å². The minimum atomic E-state index is 0.0315. The van der Waals surface area contributed by atoms with Gasteiger partial charge in [0, 0.05) is 7.11 Å². The highest BCUT2D eigenvalue weighted by molar-refractivity contribution is 14.1. The second-order valence-corrected chi connectivity index (χ2v) is 3.64. The van der Waals surface area contributed by atoms with E-state index in [1.54, 1.807) is 13.2 Å². The molecule has 0 radical (unpaired) electrons. The molecule has 0 aliphatic rings. The summed E-state index contributed by atoms with van der Waals surface area (Å²) in [7, 11) is 1.66. The normalized spacial score (nSPS) is 12.9. The number of hydrogen-bond donors (Lipinski definition) is 1. The number of phenols is 1. The smallest absolute Gasteiger partial charge is 0.129 e. The van der Waals surface area contributed by atoms with Crippen LogP contribution in [0.4, 0.5) is 0 Å². The second-order valence-electron chi connectivity index (χ2n) is 2.56. The van der Waals surface area contributed by atoms with Crippen molar-refractivity contribution in [1.29, 1.82) is 0 Å². The van der Waals surface area contributed by atoms with Gasteiger partial charge in [-0.3, -0.25) is 0 Å². The fourth-order valence-corrected chi connectivity index (χ4v) is 1.78. The topological polar surface area (TPSA) is 29.5 Å². The Morgan fingerprint density at radius 3 is 2.75 bits per heavy atom. The van der Waals surface area contributed by atoms with Crippen LogP contribution in [0, 0.1) is 3.57 Å². The van der Waals surface area contributed by atoms with Gasteiger partial charge in [0.15, 0.2) is 0 Å². The molecule has 2 nitrogen and oxygen atoms in total. The lowest BCUT2D eigenvalue weighted by molar-refractivity contribution is 0.118. The van der Waals surface area contributed by atoms with Gasteiger partial charge < -0.3 is 9.84 Å². The van der Waals surface area contributed by atoms with Gasteiger partial charge in [0.05, 0.1) is 9.67 Å². The zero-order chi connectivity index (χ0) is 9.14. The first-order valence-electron chi connectivity index (χ1n) is 3.67. The molecular weight excluding hydrogens is 267 g/mol. The van der Waals surface area contributed by atoms with Crippen molar-refractivity contribution in [3.05, 3.63) is 27.3 Å². The first-order valence-corrected chi connectivity index (χ1v) is 4.75. The Labute approximate surface area is 85.7 Å². The highest BCUT2D eigenvalue weighted by Crippen LogP contribution is 2.28. The van der Waals surface area contributed by atoms with Gasteiger partial charge in [0.2, 0.25) is 0 Å². The number of phenolic OH excluding ortho intramolecular Hbond substituents is 1. The van der Waals surface area contributed by atoms with E-state index in [0.717, 1.165) is 9.13 Å². The van der Waals surface area contributed by atoms with Crippen LogP contribution in [0.2, 0.25) is 0 Å². The van der Waals surface area contributed by atoms with Crippen LogP contribution >= 0.6 is 22.6 Å². The van der Waals surface area contributed by atoms with Crippen molar-refractivity contribution in [1.82, 2.24) is 0 Å². The summed E-state index contributed by atoms with van der Waals surface area (Å²) in [5.74, 6) is 0.317. The van der Waals surface area contributed by atoms with E-state index in [0.29, 0.717) is 5.75 Å². The highest BCUT2D eigenvalue weighted by atomic mass is 127. The highest BCUT2D eigenvalue weighted by Gasteiger charge is 2.09. The molecule has 1 N–H and O–H groups in total. The molecule has 0 amide bonds. The summed E-state index contributed by atoms with van der Waals surface area (Å²) in [5.41, 5.74) is 1.03. The molecule has 0 saturated heterocycles. The first kappa shape index (κ1) is 9.80. The SMILES string of the molecule is CO[C@@H](C)c1cccc(O)c1I. The van der Waals surface area contributed by atoms with E-state index in [1.807, 2.05) is 19.1 Å². The van der Waals surface area contributed by atoms with Crippen molar-refractivity contribution < 1.29 is 9.84 Å². The van der Waals surface area contributed by atoms with Crippen LogP contribution in [-0.2, 0) is 4.74 Å². The molecule has 0 bridgehead atoms. The van der Waals surface area contributed by atoms with Crippen molar-refractivity contribution in [2.24, 2.45) is 0 Å². The molecule has 0 unspecified atom stereocenters. The maximum absolute atomic E-state index is 9.38. The third-order valence-corrected chi connectivity index (χ3v) is 2.98. The van der Waals surface area contributed by atoms with Crippen LogP contribution in [0.25, 0.3) is 0 Å². The molecule has 0 aliphatic carbocycles. The van der Waals surface area contributed by atoms with Crippen LogP contribution in [0.15, 0.2) is 18.2 Å². The minimum absolute atomic E-state index is 0.0315. The van der Waals surface area contributed by atoms with E-state index in [1.165, 1.54) is 0 Å². The Morgan fingerprint density at radius 2 is 2.17 bits per heavy atom. The summed E-state index contributed by atoms with van der Waals surface area (Å²) in [5, 5.41) is 9.38. The Hall–Kier alpha value is -0.290. The van der Waals surface area contributed by atoms with Crippen molar-refractivity contribution in [2.75, 3.05) is 7.11 Å². The Balaban J connectivity index is 3.07. The van der Waals surface area contributed by atoms with Crippen molar-refractivity contribution >= 4 is 22.6 Å². The lowest BCUT2D eigenvalue weighted by Crippen LogP contribution is -1.98. The summed E-state index contributed by atoms with van der Waals surface area (Å²) in [4.78, 5) is 0. The predicted octanol–water partition coefficient (Wildman–Crippen LogP) is 2.70. The van der Waals surface area contributed by atoms with E-state index in [9.17, 15) is 5.11 Å². The van der Waals surface area contributed by atoms with E-state index in [2.05, 4.69) is 22.6 Å². The standard InChI is InChI=1S/C9H11IO2/c1-6(12-2)7-4-3-5-8(11)9(7)10/h3-6,11H,1-2H3/t6-/m0/s1. The summed E-state index contributed by atoms with van der Waals surface area (Å²) < 4.78 is 6.02. The number of rotatable bonds is 2. The molecule has 0 aliphatic heterocycles. The maximum Gasteiger partial charge on any atom is 0.129 e. The van der Waals surface area contributed by atoms with Gasteiger partial charge in [-0.05, 0) is 41.1 Å². The fourth-order valence-electron chi connectivity index (χ4n) is 0.978. The Morgan fingerprint density at radius 1 is 1.50 bits per heavy atom. The molecule has 3 heteroatoms. The molecule has 0 heterocycles. The van der Waals surface area contributed by atoms with E-state index < -0.39 is 0 Å².